The van der Waals surface area contributed by atoms with Crippen LogP contribution in [0.15, 0.2) is 55.0 Å². The molecule has 0 bridgehead atoms. The number of rotatable bonds is 6. The zero-order valence-electron chi connectivity index (χ0n) is 20.1. The van der Waals surface area contributed by atoms with Crippen LogP contribution >= 0.6 is 0 Å². The number of aryl methyl sites for hydroxylation is 1. The second kappa shape index (κ2) is 12.2. The molecule has 1 aliphatic rings. The minimum Gasteiger partial charge on any atom is -0.478 e. The van der Waals surface area contributed by atoms with Crippen LogP contribution in [0.25, 0.3) is 11.3 Å². The normalized spacial score (nSPS) is 13.6. The highest BCUT2D eigenvalue weighted by molar-refractivity contribution is 5.89. The number of aliphatic carboxylic acids is 2. The molecule has 0 amide bonds. The maximum atomic E-state index is 9.55. The van der Waals surface area contributed by atoms with E-state index in [4.69, 9.17) is 10.2 Å². The second-order valence-corrected chi connectivity index (χ2v) is 8.07. The van der Waals surface area contributed by atoms with E-state index in [2.05, 4.69) is 37.9 Å². The smallest absolute Gasteiger partial charge is 0.328 e. The molecule has 11 heteroatoms. The van der Waals surface area contributed by atoms with Crippen LogP contribution in [0.4, 0.5) is 5.82 Å². The van der Waals surface area contributed by atoms with Crippen molar-refractivity contribution >= 4 is 17.8 Å². The number of nitriles is 1. The highest BCUT2D eigenvalue weighted by Crippen LogP contribution is 2.28. The molecule has 0 unspecified atom stereocenters. The van der Waals surface area contributed by atoms with Gasteiger partial charge in [0.2, 0.25) is 0 Å². The molecule has 186 valence electrons. The Hall–Kier alpha value is -4.56. The summed E-state index contributed by atoms with van der Waals surface area (Å²) in [5, 5.41) is 29.2. The molecule has 1 aromatic carbocycles. The van der Waals surface area contributed by atoms with E-state index in [1.54, 1.807) is 18.5 Å². The molecule has 3 heterocycles. The van der Waals surface area contributed by atoms with Crippen molar-refractivity contribution < 1.29 is 19.8 Å². The number of carbonyl (C=O) groups is 2. The first kappa shape index (κ1) is 26.1. The van der Waals surface area contributed by atoms with Gasteiger partial charge in [-0.2, -0.15) is 10.4 Å². The lowest BCUT2D eigenvalue weighted by Crippen LogP contribution is -2.46. The van der Waals surface area contributed by atoms with Gasteiger partial charge >= 0.3 is 11.9 Å². The van der Waals surface area contributed by atoms with E-state index in [0.717, 1.165) is 49.8 Å². The lowest BCUT2D eigenvalue weighted by molar-refractivity contribution is -0.134. The number of piperazine rings is 1. The van der Waals surface area contributed by atoms with Gasteiger partial charge in [0.05, 0.1) is 17.8 Å². The second-order valence-electron chi connectivity index (χ2n) is 8.07. The zero-order valence-corrected chi connectivity index (χ0v) is 20.1. The summed E-state index contributed by atoms with van der Waals surface area (Å²) in [5.41, 5.74) is 4.89. The van der Waals surface area contributed by atoms with Gasteiger partial charge in [-0.1, -0.05) is 12.1 Å². The molecule has 0 radical (unpaired) electrons. The van der Waals surface area contributed by atoms with E-state index < -0.39 is 11.9 Å². The fraction of sp³-hybridized carbons (Fsp3) is 0.280. The first-order valence-corrected chi connectivity index (χ1v) is 11.2. The van der Waals surface area contributed by atoms with Crippen LogP contribution in [-0.4, -0.2) is 73.0 Å². The summed E-state index contributed by atoms with van der Waals surface area (Å²) in [5.74, 6) is -1.63. The summed E-state index contributed by atoms with van der Waals surface area (Å²) in [6.45, 7) is 6.74. The van der Waals surface area contributed by atoms with Crippen LogP contribution in [0.3, 0.4) is 0 Å². The molecule has 4 rings (SSSR count). The lowest BCUT2D eigenvalue weighted by Gasteiger charge is -2.35. The fourth-order valence-corrected chi connectivity index (χ4v) is 3.70. The lowest BCUT2D eigenvalue weighted by atomic mass is 10.1. The average molecular weight is 490 g/mol. The molecule has 0 saturated carbocycles. The van der Waals surface area contributed by atoms with Crippen molar-refractivity contribution in [3.63, 3.8) is 0 Å². The van der Waals surface area contributed by atoms with Crippen LogP contribution in [0.1, 0.15) is 16.8 Å². The minimum atomic E-state index is -1.26. The van der Waals surface area contributed by atoms with Gasteiger partial charge in [0.15, 0.2) is 5.82 Å². The predicted octanol–water partition coefficient (Wildman–Crippen LogP) is 2.09. The number of aromatic nitrogens is 4. The molecule has 36 heavy (non-hydrogen) atoms. The number of hydrogen-bond donors (Lipinski definition) is 2. The van der Waals surface area contributed by atoms with Crippen LogP contribution in [-0.2, 0) is 23.2 Å². The Morgan fingerprint density at radius 3 is 2.33 bits per heavy atom. The minimum absolute atomic E-state index is 0.558. The van der Waals surface area contributed by atoms with Gasteiger partial charge in [-0.05, 0) is 19.1 Å². The number of carboxylic acids is 2. The maximum absolute atomic E-state index is 9.55. The monoisotopic (exact) mass is 489 g/mol. The quantitative estimate of drug-likeness (QED) is 0.493. The fourth-order valence-electron chi connectivity index (χ4n) is 3.70. The summed E-state index contributed by atoms with van der Waals surface area (Å²) in [7, 11) is 1.98. The number of anilines is 1. The third-order valence-corrected chi connectivity index (χ3v) is 5.72. The Balaban J connectivity index is 0.000000392. The summed E-state index contributed by atoms with van der Waals surface area (Å²) in [4.78, 5) is 33.0. The van der Waals surface area contributed by atoms with Gasteiger partial charge in [0.25, 0.3) is 0 Å². The van der Waals surface area contributed by atoms with Gasteiger partial charge < -0.3 is 15.1 Å². The van der Waals surface area contributed by atoms with Crippen LogP contribution in [0.2, 0.25) is 0 Å². The number of benzene rings is 1. The Morgan fingerprint density at radius 2 is 1.75 bits per heavy atom. The highest BCUT2D eigenvalue weighted by atomic mass is 16.4. The summed E-state index contributed by atoms with van der Waals surface area (Å²) in [6.07, 6.45) is 6.52. The SMILES string of the molecule is Cc1c(CN2CCN(c3nccnc3-c3cccc(C#N)c3)CC2)cnn1C.O=C(O)C=CC(=O)O. The summed E-state index contributed by atoms with van der Waals surface area (Å²) in [6, 6.07) is 9.74. The Morgan fingerprint density at radius 1 is 1.08 bits per heavy atom. The first-order valence-electron chi connectivity index (χ1n) is 11.2. The molecule has 0 atom stereocenters. The van der Waals surface area contributed by atoms with Crippen molar-refractivity contribution in [1.29, 1.82) is 5.26 Å². The van der Waals surface area contributed by atoms with Crippen molar-refractivity contribution in [2.24, 2.45) is 7.05 Å². The first-order chi connectivity index (χ1) is 17.3. The van der Waals surface area contributed by atoms with E-state index in [0.29, 0.717) is 17.7 Å². The van der Waals surface area contributed by atoms with Crippen molar-refractivity contribution in [2.75, 3.05) is 31.1 Å². The predicted molar refractivity (Wildman–Crippen MR) is 132 cm³/mol. The number of hydrogen-bond acceptors (Lipinski definition) is 8. The summed E-state index contributed by atoms with van der Waals surface area (Å²) < 4.78 is 1.92. The molecule has 0 spiro atoms. The third-order valence-electron chi connectivity index (χ3n) is 5.72. The van der Waals surface area contributed by atoms with Gasteiger partial charge in [0.1, 0.15) is 5.69 Å². The summed E-state index contributed by atoms with van der Waals surface area (Å²) >= 11 is 0. The van der Waals surface area contributed by atoms with Gasteiger partial charge in [0, 0.05) is 81.1 Å². The van der Waals surface area contributed by atoms with Crippen molar-refractivity contribution in [3.05, 3.63) is 71.8 Å². The molecule has 2 aromatic heterocycles. The largest absolute Gasteiger partial charge is 0.478 e. The third kappa shape index (κ3) is 6.97. The Kier molecular flexibility index (Phi) is 8.85. The van der Waals surface area contributed by atoms with Crippen molar-refractivity contribution in [1.82, 2.24) is 24.6 Å². The van der Waals surface area contributed by atoms with Gasteiger partial charge in [-0.25, -0.2) is 14.6 Å². The van der Waals surface area contributed by atoms with Crippen LogP contribution < -0.4 is 4.90 Å². The van der Waals surface area contributed by atoms with E-state index in [1.165, 1.54) is 11.3 Å². The van der Waals surface area contributed by atoms with E-state index >= 15 is 0 Å². The Labute approximate surface area is 208 Å². The molecule has 3 aromatic rings. The average Bonchev–Trinajstić information content (AvgIpc) is 3.20. The standard InChI is InChI=1S/C21H23N7.C4H4O4/c1-16-19(14-25-26(16)2)15-27-8-10-28(11-9-27)21-20(23-6-7-24-21)18-5-3-4-17(12-18)13-22;5-3(6)1-2-4(7)8/h3-7,12,14H,8-11,15H2,1-2H3;1-2H,(H,5,6)(H,7,8). The molecule has 1 aliphatic heterocycles. The number of nitrogens with zero attached hydrogens (tertiary/aromatic N) is 7. The van der Waals surface area contributed by atoms with Crippen LogP contribution in [0.5, 0.6) is 0 Å². The highest BCUT2D eigenvalue weighted by Gasteiger charge is 2.22. The zero-order chi connectivity index (χ0) is 26.1. The van der Waals surface area contributed by atoms with Crippen molar-refractivity contribution in [3.8, 4) is 17.3 Å². The molecule has 1 saturated heterocycles. The Bertz CT molecular complexity index is 1270. The molecular formula is C25H27N7O4. The van der Waals surface area contributed by atoms with Gasteiger partial charge in [-0.15, -0.1) is 0 Å². The van der Waals surface area contributed by atoms with Crippen molar-refractivity contribution in [2.45, 2.75) is 13.5 Å². The van der Waals surface area contributed by atoms with E-state index in [1.807, 2.05) is 36.1 Å². The van der Waals surface area contributed by atoms with E-state index in [-0.39, 0.29) is 0 Å². The molecule has 1 fully saturated rings. The van der Waals surface area contributed by atoms with Gasteiger partial charge in [-0.3, -0.25) is 14.6 Å². The topological polar surface area (TPSA) is 148 Å². The van der Waals surface area contributed by atoms with Crippen LogP contribution in [0, 0.1) is 18.3 Å². The number of carboxylic acid groups (broad SMARTS) is 2. The van der Waals surface area contributed by atoms with E-state index in [9.17, 15) is 14.9 Å². The molecular weight excluding hydrogens is 462 g/mol. The molecule has 2 N–H and O–H groups in total. The molecule has 11 nitrogen and oxygen atoms in total. The molecule has 0 aliphatic carbocycles. The maximum Gasteiger partial charge on any atom is 0.328 e.